The minimum absolute atomic E-state index is 0.245. The van der Waals surface area contributed by atoms with Crippen LogP contribution in [0.15, 0.2) is 53.0 Å². The summed E-state index contributed by atoms with van der Waals surface area (Å²) in [7, 11) is 0.217. The van der Waals surface area contributed by atoms with Crippen LogP contribution in [0.4, 0.5) is 0 Å². The third kappa shape index (κ3) is 3.05. The Labute approximate surface area is 118 Å². The molecule has 0 aliphatic rings. The van der Waals surface area contributed by atoms with Crippen LogP contribution in [0.2, 0.25) is 0 Å². The average Bonchev–Trinajstić information content (AvgIpc) is 2.88. The highest BCUT2D eigenvalue weighted by Crippen LogP contribution is 2.17. The van der Waals surface area contributed by atoms with Gasteiger partial charge in [-0.1, -0.05) is 12.1 Å². The molecule has 0 bridgehead atoms. The van der Waals surface area contributed by atoms with Crippen molar-refractivity contribution < 1.29 is 8.42 Å². The van der Waals surface area contributed by atoms with Crippen LogP contribution in [-0.4, -0.2) is 49.2 Å². The zero-order valence-electron chi connectivity index (χ0n) is 11.6. The van der Waals surface area contributed by atoms with Gasteiger partial charge in [-0.15, -0.1) is 0 Å². The Balaban J connectivity index is 2.69. The molecule has 1 heterocycles. The summed E-state index contributed by atoms with van der Waals surface area (Å²) in [5, 5.41) is 5.99. The summed E-state index contributed by atoms with van der Waals surface area (Å²) in [6.45, 7) is 0. The lowest BCUT2D eigenvalue weighted by Crippen LogP contribution is -2.19. The predicted molar refractivity (Wildman–Crippen MR) is 77.4 cm³/mol. The fraction of sp³-hybridized carbons (Fsp3) is 0.231. The lowest BCUT2D eigenvalue weighted by Gasteiger charge is -2.14. The normalized spacial score (nSPS) is 12.4. The van der Waals surface area contributed by atoms with Crippen molar-refractivity contribution in [3.8, 4) is 0 Å². The molecule has 106 valence electrons. The molecule has 2 aromatic rings. The van der Waals surface area contributed by atoms with Crippen molar-refractivity contribution in [2.24, 2.45) is 5.10 Å². The van der Waals surface area contributed by atoms with E-state index in [1.54, 1.807) is 66.7 Å². The van der Waals surface area contributed by atoms with E-state index >= 15 is 0 Å². The van der Waals surface area contributed by atoms with Crippen LogP contribution < -0.4 is 0 Å². The first-order valence-corrected chi connectivity index (χ1v) is 7.82. The Morgan fingerprint density at radius 1 is 1.30 bits per heavy atom. The van der Waals surface area contributed by atoms with Gasteiger partial charge < -0.3 is 5.01 Å². The first-order valence-electron chi connectivity index (χ1n) is 5.93. The average molecular weight is 292 g/mol. The van der Waals surface area contributed by atoms with Gasteiger partial charge in [0.15, 0.2) is 15.7 Å². The first-order chi connectivity index (χ1) is 9.39. The van der Waals surface area contributed by atoms with Gasteiger partial charge in [0, 0.05) is 38.3 Å². The van der Waals surface area contributed by atoms with Gasteiger partial charge in [0.2, 0.25) is 0 Å². The number of rotatable bonds is 3. The van der Waals surface area contributed by atoms with E-state index in [9.17, 15) is 8.42 Å². The Morgan fingerprint density at radius 3 is 2.55 bits per heavy atom. The Hall–Kier alpha value is -2.15. The molecule has 0 radical (unpaired) electrons. The Morgan fingerprint density at radius 2 is 2.00 bits per heavy atom. The molecule has 0 atom stereocenters. The van der Waals surface area contributed by atoms with Crippen LogP contribution in [0.3, 0.4) is 0 Å². The molecule has 2 rings (SSSR count). The second-order valence-corrected chi connectivity index (χ2v) is 6.49. The summed E-state index contributed by atoms with van der Waals surface area (Å²) in [6, 6.07) is 6.79. The zero-order chi connectivity index (χ0) is 14.8. The molecule has 7 heteroatoms. The molecule has 0 amide bonds. The molecule has 0 unspecified atom stereocenters. The highest BCUT2D eigenvalue weighted by Gasteiger charge is 2.18. The summed E-state index contributed by atoms with van der Waals surface area (Å²) in [4.78, 5) is 4.23. The molecule has 20 heavy (non-hydrogen) atoms. The van der Waals surface area contributed by atoms with Crippen LogP contribution in [0.5, 0.6) is 0 Å². The van der Waals surface area contributed by atoms with Crippen molar-refractivity contribution in [3.63, 3.8) is 0 Å². The summed E-state index contributed by atoms with van der Waals surface area (Å²) in [5.74, 6) is 0.508. The molecule has 0 N–H and O–H groups in total. The molecular formula is C13H16N4O2S. The number of sulfone groups is 1. The third-order valence-corrected chi connectivity index (χ3v) is 3.73. The smallest absolute Gasteiger partial charge is 0.176 e. The number of imidazole rings is 1. The molecule has 0 spiro atoms. The Kier molecular flexibility index (Phi) is 3.89. The van der Waals surface area contributed by atoms with E-state index in [4.69, 9.17) is 0 Å². The van der Waals surface area contributed by atoms with Crippen molar-refractivity contribution in [1.29, 1.82) is 0 Å². The number of benzene rings is 1. The van der Waals surface area contributed by atoms with Crippen LogP contribution in [0, 0.1) is 0 Å². The summed E-state index contributed by atoms with van der Waals surface area (Å²) in [6.07, 6.45) is 6.12. The molecule has 6 nitrogen and oxygen atoms in total. The van der Waals surface area contributed by atoms with Crippen molar-refractivity contribution in [1.82, 2.24) is 14.6 Å². The SMILES string of the molecule is CN(C)/N=C(/c1ccccc1S(C)(=O)=O)n1ccnc1. The van der Waals surface area contributed by atoms with Crippen molar-refractivity contribution in [2.45, 2.75) is 4.90 Å². The molecule has 0 aliphatic carbocycles. The van der Waals surface area contributed by atoms with Gasteiger partial charge >= 0.3 is 0 Å². The van der Waals surface area contributed by atoms with E-state index in [1.165, 1.54) is 6.26 Å². The van der Waals surface area contributed by atoms with Crippen molar-refractivity contribution in [2.75, 3.05) is 20.4 Å². The molecule has 0 fully saturated rings. The largest absolute Gasteiger partial charge is 0.301 e. The van der Waals surface area contributed by atoms with Gasteiger partial charge in [0.25, 0.3) is 0 Å². The number of nitrogens with zero attached hydrogens (tertiary/aromatic N) is 4. The monoisotopic (exact) mass is 292 g/mol. The molecule has 1 aromatic heterocycles. The molecule has 0 saturated carbocycles. The zero-order valence-corrected chi connectivity index (χ0v) is 12.4. The van der Waals surface area contributed by atoms with E-state index in [0.29, 0.717) is 11.4 Å². The highest BCUT2D eigenvalue weighted by molar-refractivity contribution is 7.90. The number of aromatic nitrogens is 2. The third-order valence-electron chi connectivity index (χ3n) is 2.57. The second kappa shape index (κ2) is 5.46. The number of hydrogen-bond acceptors (Lipinski definition) is 5. The summed E-state index contributed by atoms with van der Waals surface area (Å²) in [5.41, 5.74) is 0.543. The van der Waals surface area contributed by atoms with Gasteiger partial charge in [-0.2, -0.15) is 5.10 Å². The van der Waals surface area contributed by atoms with Crippen LogP contribution in [0.1, 0.15) is 5.56 Å². The van der Waals surface area contributed by atoms with Crippen LogP contribution in [0.25, 0.3) is 0 Å². The predicted octanol–water partition coefficient (Wildman–Crippen LogP) is 1.06. The fourth-order valence-corrected chi connectivity index (χ4v) is 2.68. The molecule has 1 aromatic carbocycles. The van der Waals surface area contributed by atoms with Crippen LogP contribution >= 0.6 is 0 Å². The van der Waals surface area contributed by atoms with Crippen molar-refractivity contribution in [3.05, 3.63) is 48.5 Å². The summed E-state index contributed by atoms with van der Waals surface area (Å²) >= 11 is 0. The van der Waals surface area contributed by atoms with E-state index in [-0.39, 0.29) is 4.90 Å². The quantitative estimate of drug-likeness (QED) is 0.482. The van der Waals surface area contributed by atoms with Crippen molar-refractivity contribution >= 4 is 15.7 Å². The maximum Gasteiger partial charge on any atom is 0.176 e. The minimum Gasteiger partial charge on any atom is -0.301 e. The fourth-order valence-electron chi connectivity index (χ4n) is 1.79. The van der Waals surface area contributed by atoms with E-state index in [1.807, 2.05) is 0 Å². The van der Waals surface area contributed by atoms with Crippen LogP contribution in [-0.2, 0) is 9.84 Å². The maximum absolute atomic E-state index is 11.9. The molecular weight excluding hydrogens is 276 g/mol. The van der Waals surface area contributed by atoms with E-state index in [0.717, 1.165) is 0 Å². The lowest BCUT2D eigenvalue weighted by atomic mass is 10.2. The molecule has 0 aliphatic heterocycles. The maximum atomic E-state index is 11.9. The standard InChI is InChI=1S/C13H16N4O2S/c1-16(2)15-13(17-9-8-14-10-17)11-6-4-5-7-12(11)20(3,18)19/h4-10H,1-3H3/b15-13-. The highest BCUT2D eigenvalue weighted by atomic mass is 32.2. The van der Waals surface area contributed by atoms with Gasteiger partial charge in [-0.05, 0) is 12.1 Å². The lowest BCUT2D eigenvalue weighted by molar-refractivity contribution is 0.435. The number of hydrazone groups is 1. The minimum atomic E-state index is -3.34. The van der Waals surface area contributed by atoms with Gasteiger partial charge in [0.05, 0.1) is 4.90 Å². The second-order valence-electron chi connectivity index (χ2n) is 4.51. The van der Waals surface area contributed by atoms with E-state index in [2.05, 4.69) is 10.1 Å². The first kappa shape index (κ1) is 14.3. The number of hydrogen-bond donors (Lipinski definition) is 0. The van der Waals surface area contributed by atoms with Gasteiger partial charge in [-0.25, -0.2) is 13.4 Å². The van der Waals surface area contributed by atoms with Gasteiger partial charge in [-0.3, -0.25) is 4.57 Å². The summed E-state index contributed by atoms with van der Waals surface area (Å²) < 4.78 is 25.5. The topological polar surface area (TPSA) is 67.6 Å². The van der Waals surface area contributed by atoms with Gasteiger partial charge in [0.1, 0.15) is 6.33 Å². The Bertz CT molecular complexity index is 719. The molecule has 0 saturated heterocycles. The van der Waals surface area contributed by atoms with E-state index < -0.39 is 9.84 Å².